The van der Waals surface area contributed by atoms with Crippen LogP contribution in [0.1, 0.15) is 59.5 Å². The number of nitrogens with one attached hydrogen (secondary N) is 1. The van der Waals surface area contributed by atoms with E-state index >= 15 is 0 Å². The summed E-state index contributed by atoms with van der Waals surface area (Å²) >= 11 is 0. The quantitative estimate of drug-likeness (QED) is 0.835. The third kappa shape index (κ3) is 4.48. The standard InChI is InChI=1S/C21H25FN2O2/c1-6-15-10-11-17(18(22)13-15)19(25)23-24(21(3,4)5)20(26)16-9-7-8-14(2)12-16/h7-13H,6H2,1-5H3,(H,23,25). The number of rotatable bonds is 3. The summed E-state index contributed by atoms with van der Waals surface area (Å²) in [6.07, 6.45) is 0.679. The molecule has 0 saturated carbocycles. The molecule has 0 heterocycles. The van der Waals surface area contributed by atoms with Gasteiger partial charge in [-0.1, -0.05) is 30.7 Å². The van der Waals surface area contributed by atoms with Crippen molar-refractivity contribution in [2.24, 2.45) is 0 Å². The summed E-state index contributed by atoms with van der Waals surface area (Å²) in [5, 5.41) is 1.25. The molecule has 2 rings (SSSR count). The first-order chi connectivity index (χ1) is 12.1. The summed E-state index contributed by atoms with van der Waals surface area (Å²) < 4.78 is 14.2. The van der Waals surface area contributed by atoms with E-state index in [1.54, 1.807) is 45.0 Å². The number of halogens is 1. The van der Waals surface area contributed by atoms with Gasteiger partial charge in [-0.05, 0) is 63.9 Å². The van der Waals surface area contributed by atoms with Crippen molar-refractivity contribution >= 4 is 11.8 Å². The van der Waals surface area contributed by atoms with Crippen LogP contribution in [-0.4, -0.2) is 22.4 Å². The Morgan fingerprint density at radius 3 is 2.35 bits per heavy atom. The minimum Gasteiger partial charge on any atom is -0.267 e. The molecule has 2 aromatic rings. The molecule has 2 amide bonds. The lowest BCUT2D eigenvalue weighted by molar-refractivity contribution is 0.0357. The lowest BCUT2D eigenvalue weighted by atomic mass is 10.0. The first-order valence-corrected chi connectivity index (χ1v) is 8.64. The van der Waals surface area contributed by atoms with Crippen molar-refractivity contribution in [2.75, 3.05) is 0 Å². The number of hydrazine groups is 1. The Kier molecular flexibility index (Phi) is 5.80. The molecule has 0 bridgehead atoms. The summed E-state index contributed by atoms with van der Waals surface area (Å²) in [5.41, 5.74) is 4.01. The van der Waals surface area contributed by atoms with Crippen LogP contribution in [0.25, 0.3) is 0 Å². The maximum Gasteiger partial charge on any atom is 0.272 e. The molecule has 0 aliphatic carbocycles. The van der Waals surface area contributed by atoms with E-state index < -0.39 is 17.3 Å². The van der Waals surface area contributed by atoms with Gasteiger partial charge in [0.25, 0.3) is 11.8 Å². The molecule has 138 valence electrons. The fourth-order valence-corrected chi connectivity index (χ4v) is 2.55. The molecule has 4 nitrogen and oxygen atoms in total. The predicted octanol–water partition coefficient (Wildman–Crippen LogP) is 4.28. The number of aryl methyl sites for hydroxylation is 2. The zero-order valence-corrected chi connectivity index (χ0v) is 15.9. The van der Waals surface area contributed by atoms with Gasteiger partial charge in [0.1, 0.15) is 5.82 Å². The van der Waals surface area contributed by atoms with Crippen LogP contribution < -0.4 is 5.43 Å². The number of amides is 2. The van der Waals surface area contributed by atoms with Gasteiger partial charge in [-0.15, -0.1) is 0 Å². The first kappa shape index (κ1) is 19.6. The van der Waals surface area contributed by atoms with Gasteiger partial charge in [0.05, 0.1) is 11.1 Å². The Balaban J connectivity index is 2.31. The summed E-state index contributed by atoms with van der Waals surface area (Å²) in [4.78, 5) is 25.5. The van der Waals surface area contributed by atoms with Gasteiger partial charge in [-0.3, -0.25) is 15.0 Å². The van der Waals surface area contributed by atoms with Crippen molar-refractivity contribution in [3.63, 3.8) is 0 Å². The van der Waals surface area contributed by atoms with Crippen LogP contribution in [0, 0.1) is 12.7 Å². The third-order valence-corrected chi connectivity index (χ3v) is 4.04. The molecule has 0 saturated heterocycles. The molecule has 2 aromatic carbocycles. The van der Waals surface area contributed by atoms with Gasteiger partial charge in [0, 0.05) is 5.56 Å². The van der Waals surface area contributed by atoms with Crippen LogP contribution in [0.4, 0.5) is 4.39 Å². The largest absolute Gasteiger partial charge is 0.272 e. The van der Waals surface area contributed by atoms with Crippen molar-refractivity contribution < 1.29 is 14.0 Å². The zero-order chi connectivity index (χ0) is 19.5. The predicted molar refractivity (Wildman–Crippen MR) is 100 cm³/mol. The Morgan fingerprint density at radius 1 is 1.12 bits per heavy atom. The van der Waals surface area contributed by atoms with E-state index in [-0.39, 0.29) is 11.5 Å². The maximum atomic E-state index is 14.2. The minimum atomic E-state index is -0.684. The fraction of sp³-hybridized carbons (Fsp3) is 0.333. The normalized spacial score (nSPS) is 11.2. The van der Waals surface area contributed by atoms with Gasteiger partial charge in [0.2, 0.25) is 0 Å². The SMILES string of the molecule is CCc1ccc(C(=O)NN(C(=O)c2cccc(C)c2)C(C)(C)C)c(F)c1. The molecule has 0 atom stereocenters. The van der Waals surface area contributed by atoms with E-state index in [0.717, 1.165) is 11.1 Å². The second-order valence-electron chi connectivity index (χ2n) is 7.29. The lowest BCUT2D eigenvalue weighted by Crippen LogP contribution is -2.56. The zero-order valence-electron chi connectivity index (χ0n) is 15.9. The number of nitrogens with zero attached hydrogens (tertiary/aromatic N) is 1. The van der Waals surface area contributed by atoms with Crippen LogP contribution in [0.3, 0.4) is 0 Å². The van der Waals surface area contributed by atoms with Gasteiger partial charge < -0.3 is 0 Å². The van der Waals surface area contributed by atoms with E-state index in [9.17, 15) is 14.0 Å². The smallest absolute Gasteiger partial charge is 0.267 e. The van der Waals surface area contributed by atoms with E-state index in [2.05, 4.69) is 5.43 Å². The Hall–Kier alpha value is -2.69. The second kappa shape index (κ2) is 7.68. The van der Waals surface area contributed by atoms with Crippen molar-refractivity contribution in [3.8, 4) is 0 Å². The average Bonchev–Trinajstić information content (AvgIpc) is 2.57. The van der Waals surface area contributed by atoms with Gasteiger partial charge in [-0.2, -0.15) is 0 Å². The van der Waals surface area contributed by atoms with E-state index in [0.29, 0.717) is 12.0 Å². The molecular formula is C21H25FN2O2. The molecular weight excluding hydrogens is 331 g/mol. The number of carbonyl (C=O) groups excluding carboxylic acids is 2. The lowest BCUT2D eigenvalue weighted by Gasteiger charge is -2.35. The molecule has 0 radical (unpaired) electrons. The topological polar surface area (TPSA) is 49.4 Å². The summed E-state index contributed by atoms with van der Waals surface area (Å²) in [6, 6.07) is 11.6. The Labute approximate surface area is 154 Å². The molecule has 0 aliphatic heterocycles. The highest BCUT2D eigenvalue weighted by molar-refractivity contribution is 5.99. The summed E-state index contributed by atoms with van der Waals surface area (Å²) in [7, 11) is 0. The van der Waals surface area contributed by atoms with Crippen LogP contribution in [0.5, 0.6) is 0 Å². The van der Waals surface area contributed by atoms with Crippen molar-refractivity contribution in [1.29, 1.82) is 0 Å². The van der Waals surface area contributed by atoms with E-state index in [4.69, 9.17) is 0 Å². The number of carbonyl (C=O) groups is 2. The average molecular weight is 356 g/mol. The highest BCUT2D eigenvalue weighted by Gasteiger charge is 2.30. The van der Waals surface area contributed by atoms with Crippen molar-refractivity contribution in [3.05, 3.63) is 70.5 Å². The Bertz CT molecular complexity index is 825. The Morgan fingerprint density at radius 2 is 1.81 bits per heavy atom. The van der Waals surface area contributed by atoms with E-state index in [1.165, 1.54) is 17.1 Å². The molecule has 0 spiro atoms. The van der Waals surface area contributed by atoms with Crippen LogP contribution in [-0.2, 0) is 6.42 Å². The molecule has 0 fully saturated rings. The van der Waals surface area contributed by atoms with E-state index in [1.807, 2.05) is 19.9 Å². The highest BCUT2D eigenvalue weighted by Crippen LogP contribution is 2.18. The maximum absolute atomic E-state index is 14.2. The second-order valence-corrected chi connectivity index (χ2v) is 7.29. The van der Waals surface area contributed by atoms with Crippen LogP contribution >= 0.6 is 0 Å². The molecule has 0 unspecified atom stereocenters. The highest BCUT2D eigenvalue weighted by atomic mass is 19.1. The number of hydrogen-bond acceptors (Lipinski definition) is 2. The third-order valence-electron chi connectivity index (χ3n) is 4.04. The molecule has 0 aromatic heterocycles. The van der Waals surface area contributed by atoms with Gasteiger partial charge in [-0.25, -0.2) is 9.40 Å². The summed E-state index contributed by atoms with van der Waals surface area (Å²) in [6.45, 7) is 9.21. The monoisotopic (exact) mass is 356 g/mol. The van der Waals surface area contributed by atoms with Crippen molar-refractivity contribution in [1.82, 2.24) is 10.4 Å². The molecule has 0 aliphatic rings. The van der Waals surface area contributed by atoms with Crippen LogP contribution in [0.2, 0.25) is 0 Å². The molecule has 1 N–H and O–H groups in total. The van der Waals surface area contributed by atoms with Gasteiger partial charge in [0.15, 0.2) is 0 Å². The summed E-state index contributed by atoms with van der Waals surface area (Å²) in [5.74, 6) is -1.60. The number of benzene rings is 2. The van der Waals surface area contributed by atoms with Crippen LogP contribution in [0.15, 0.2) is 42.5 Å². The molecule has 5 heteroatoms. The minimum absolute atomic E-state index is 0.0894. The number of hydrogen-bond donors (Lipinski definition) is 1. The van der Waals surface area contributed by atoms with Crippen molar-refractivity contribution in [2.45, 2.75) is 46.6 Å². The first-order valence-electron chi connectivity index (χ1n) is 8.64. The van der Waals surface area contributed by atoms with Gasteiger partial charge >= 0.3 is 0 Å². The fourth-order valence-electron chi connectivity index (χ4n) is 2.55. The molecule has 26 heavy (non-hydrogen) atoms.